The van der Waals surface area contributed by atoms with E-state index in [0.717, 1.165) is 17.7 Å². The molecule has 1 fully saturated rings. The van der Waals surface area contributed by atoms with Gasteiger partial charge >= 0.3 is 0 Å². The summed E-state index contributed by atoms with van der Waals surface area (Å²) in [7, 11) is 3.21. The van der Waals surface area contributed by atoms with E-state index in [9.17, 15) is 9.59 Å². The van der Waals surface area contributed by atoms with Crippen LogP contribution in [0.25, 0.3) is 0 Å². The van der Waals surface area contributed by atoms with Crippen molar-refractivity contribution in [1.82, 2.24) is 5.32 Å². The Balaban J connectivity index is 1.43. The summed E-state index contributed by atoms with van der Waals surface area (Å²) in [5.74, 6) is 0.763. The molecule has 6 heteroatoms. The monoisotopic (exact) mass is 368 g/mol. The molecule has 2 amide bonds. The van der Waals surface area contributed by atoms with Crippen LogP contribution in [0.4, 0.5) is 5.69 Å². The Labute approximate surface area is 158 Å². The lowest BCUT2D eigenvalue weighted by atomic mass is 10.1. The van der Waals surface area contributed by atoms with E-state index < -0.39 is 0 Å². The molecule has 27 heavy (non-hydrogen) atoms. The van der Waals surface area contributed by atoms with Gasteiger partial charge in [0.15, 0.2) is 0 Å². The lowest BCUT2D eigenvalue weighted by molar-refractivity contribution is -0.125. The van der Waals surface area contributed by atoms with Gasteiger partial charge in [-0.1, -0.05) is 18.2 Å². The van der Waals surface area contributed by atoms with Crippen LogP contribution in [0.2, 0.25) is 0 Å². The highest BCUT2D eigenvalue weighted by atomic mass is 16.5. The van der Waals surface area contributed by atoms with E-state index in [1.54, 1.807) is 26.4 Å². The maximum Gasteiger partial charge on any atom is 0.228 e. The van der Waals surface area contributed by atoms with Crippen LogP contribution in [0.1, 0.15) is 12.0 Å². The third kappa shape index (κ3) is 5.00. The van der Waals surface area contributed by atoms with Crippen LogP contribution >= 0.6 is 0 Å². The summed E-state index contributed by atoms with van der Waals surface area (Å²) in [4.78, 5) is 24.6. The van der Waals surface area contributed by atoms with E-state index in [2.05, 4.69) is 10.6 Å². The first-order valence-electron chi connectivity index (χ1n) is 8.96. The highest BCUT2D eigenvalue weighted by Gasteiger charge is 2.47. The molecule has 0 spiro atoms. The molecule has 6 nitrogen and oxygen atoms in total. The topological polar surface area (TPSA) is 76.7 Å². The minimum Gasteiger partial charge on any atom is -0.497 e. The molecule has 2 unspecified atom stereocenters. The number of hydrogen-bond acceptors (Lipinski definition) is 4. The van der Waals surface area contributed by atoms with Crippen molar-refractivity contribution in [2.75, 3.05) is 26.1 Å². The average Bonchev–Trinajstić information content (AvgIpc) is 3.49. The minimum atomic E-state index is -0.270. The fourth-order valence-corrected chi connectivity index (χ4v) is 3.00. The minimum absolute atomic E-state index is 0.0660. The number of nitrogens with one attached hydrogen (secondary N) is 2. The number of methoxy groups -OCH3 is 2. The van der Waals surface area contributed by atoms with Crippen molar-refractivity contribution < 1.29 is 19.1 Å². The molecule has 2 N–H and O–H groups in total. The van der Waals surface area contributed by atoms with Crippen molar-refractivity contribution in [3.63, 3.8) is 0 Å². The molecule has 1 aliphatic rings. The van der Waals surface area contributed by atoms with Crippen molar-refractivity contribution in [1.29, 1.82) is 0 Å². The van der Waals surface area contributed by atoms with Gasteiger partial charge in [-0.05, 0) is 42.7 Å². The Morgan fingerprint density at radius 3 is 2.37 bits per heavy atom. The zero-order chi connectivity index (χ0) is 19.2. The number of ether oxygens (including phenoxy) is 2. The molecule has 2 atom stereocenters. The molecule has 2 aromatic carbocycles. The third-order valence-electron chi connectivity index (χ3n) is 4.65. The van der Waals surface area contributed by atoms with Crippen LogP contribution in [0.15, 0.2) is 48.5 Å². The summed E-state index contributed by atoms with van der Waals surface area (Å²) >= 11 is 0. The van der Waals surface area contributed by atoms with E-state index in [0.29, 0.717) is 24.4 Å². The van der Waals surface area contributed by atoms with E-state index >= 15 is 0 Å². The zero-order valence-electron chi connectivity index (χ0n) is 15.5. The van der Waals surface area contributed by atoms with E-state index in [-0.39, 0.29) is 23.7 Å². The van der Waals surface area contributed by atoms with Crippen LogP contribution in [-0.4, -0.2) is 32.6 Å². The Morgan fingerprint density at radius 2 is 1.63 bits per heavy atom. The van der Waals surface area contributed by atoms with Gasteiger partial charge in [-0.3, -0.25) is 9.59 Å². The molecule has 0 aromatic heterocycles. The van der Waals surface area contributed by atoms with Crippen molar-refractivity contribution in [2.24, 2.45) is 11.8 Å². The van der Waals surface area contributed by atoms with Crippen LogP contribution < -0.4 is 20.1 Å². The number of carbonyl (C=O) groups is 2. The van der Waals surface area contributed by atoms with Gasteiger partial charge in [0.1, 0.15) is 11.5 Å². The molecule has 1 aliphatic carbocycles. The van der Waals surface area contributed by atoms with Crippen molar-refractivity contribution in [3.05, 3.63) is 54.1 Å². The summed E-state index contributed by atoms with van der Waals surface area (Å²) in [5, 5.41) is 5.76. The molecule has 0 aliphatic heterocycles. The Kier molecular flexibility index (Phi) is 5.96. The zero-order valence-corrected chi connectivity index (χ0v) is 15.5. The molecule has 0 saturated heterocycles. The summed E-state index contributed by atoms with van der Waals surface area (Å²) < 4.78 is 10.3. The first-order valence-corrected chi connectivity index (χ1v) is 8.96. The Morgan fingerprint density at radius 1 is 0.963 bits per heavy atom. The molecule has 1 saturated carbocycles. The number of benzene rings is 2. The predicted octanol–water partition coefficient (Wildman–Crippen LogP) is 2.64. The van der Waals surface area contributed by atoms with Gasteiger partial charge in [0.25, 0.3) is 0 Å². The highest BCUT2D eigenvalue weighted by molar-refractivity contribution is 5.99. The number of carbonyl (C=O) groups excluding carboxylic acids is 2. The standard InChI is InChI=1S/C21H24N2O4/c1-26-16-7-3-5-14(11-16)9-10-22-20(24)18-13-19(18)21(25)23-15-6-4-8-17(12-15)27-2/h3-8,11-12,18-19H,9-10,13H2,1-2H3,(H,22,24)(H,23,25). The SMILES string of the molecule is COc1cccc(CCNC(=O)C2CC2C(=O)Nc2cccc(OC)c2)c1. The lowest BCUT2D eigenvalue weighted by Gasteiger charge is -2.08. The normalized spacial score (nSPS) is 17.7. The molecule has 3 rings (SSSR count). The fourth-order valence-electron chi connectivity index (χ4n) is 3.00. The quantitative estimate of drug-likeness (QED) is 0.751. The van der Waals surface area contributed by atoms with Gasteiger partial charge in [0, 0.05) is 18.3 Å². The molecule has 0 bridgehead atoms. The van der Waals surface area contributed by atoms with E-state index in [1.807, 2.05) is 36.4 Å². The number of anilines is 1. The van der Waals surface area contributed by atoms with Crippen LogP contribution in [-0.2, 0) is 16.0 Å². The van der Waals surface area contributed by atoms with Crippen LogP contribution in [0.3, 0.4) is 0 Å². The maximum absolute atomic E-state index is 12.3. The second kappa shape index (κ2) is 8.58. The molecule has 2 aromatic rings. The molecular weight excluding hydrogens is 344 g/mol. The number of hydrogen-bond donors (Lipinski definition) is 2. The van der Waals surface area contributed by atoms with Gasteiger partial charge in [-0.25, -0.2) is 0 Å². The van der Waals surface area contributed by atoms with Gasteiger partial charge in [-0.15, -0.1) is 0 Å². The van der Waals surface area contributed by atoms with Crippen LogP contribution in [0, 0.1) is 11.8 Å². The second-order valence-corrected chi connectivity index (χ2v) is 6.56. The largest absolute Gasteiger partial charge is 0.497 e. The molecule has 0 heterocycles. The molecule has 142 valence electrons. The Hall–Kier alpha value is -3.02. The number of amides is 2. The molecular formula is C21H24N2O4. The van der Waals surface area contributed by atoms with E-state index in [1.165, 1.54) is 0 Å². The van der Waals surface area contributed by atoms with Crippen molar-refractivity contribution in [3.8, 4) is 11.5 Å². The van der Waals surface area contributed by atoms with Gasteiger partial charge in [0.2, 0.25) is 11.8 Å². The summed E-state index contributed by atoms with van der Waals surface area (Å²) in [6.45, 7) is 0.534. The van der Waals surface area contributed by atoms with Gasteiger partial charge < -0.3 is 20.1 Å². The van der Waals surface area contributed by atoms with Crippen LogP contribution in [0.5, 0.6) is 11.5 Å². The third-order valence-corrected chi connectivity index (χ3v) is 4.65. The van der Waals surface area contributed by atoms with E-state index in [4.69, 9.17) is 9.47 Å². The summed E-state index contributed by atoms with van der Waals surface area (Å²) in [5.41, 5.74) is 1.76. The first-order chi connectivity index (χ1) is 13.1. The summed E-state index contributed by atoms with van der Waals surface area (Å²) in [6, 6.07) is 14.9. The lowest BCUT2D eigenvalue weighted by Crippen LogP contribution is -2.29. The number of rotatable bonds is 8. The predicted molar refractivity (Wildman–Crippen MR) is 103 cm³/mol. The summed E-state index contributed by atoms with van der Waals surface area (Å²) in [6.07, 6.45) is 1.30. The van der Waals surface area contributed by atoms with Gasteiger partial charge in [0.05, 0.1) is 26.1 Å². The van der Waals surface area contributed by atoms with Crippen molar-refractivity contribution >= 4 is 17.5 Å². The fraction of sp³-hybridized carbons (Fsp3) is 0.333. The smallest absolute Gasteiger partial charge is 0.228 e. The second-order valence-electron chi connectivity index (χ2n) is 6.56. The van der Waals surface area contributed by atoms with Gasteiger partial charge in [-0.2, -0.15) is 0 Å². The highest BCUT2D eigenvalue weighted by Crippen LogP contribution is 2.39. The first kappa shape index (κ1) is 18.8. The molecule has 0 radical (unpaired) electrons. The Bertz CT molecular complexity index is 821. The van der Waals surface area contributed by atoms with Crippen molar-refractivity contribution in [2.45, 2.75) is 12.8 Å². The average molecular weight is 368 g/mol. The maximum atomic E-state index is 12.3.